The number of aryl methyl sites for hydroxylation is 1. The Morgan fingerprint density at radius 1 is 1.00 bits per heavy atom. The normalized spacial score (nSPS) is 12.9. The Hall–Kier alpha value is -4.13. The molecule has 0 unspecified atom stereocenters. The van der Waals surface area contributed by atoms with E-state index in [1.165, 1.54) is 0 Å². The molecule has 35 heavy (non-hydrogen) atoms. The number of hydrogen-bond donors (Lipinski definition) is 3. The summed E-state index contributed by atoms with van der Waals surface area (Å²) in [6, 6.07) is 20.2. The number of nitrogens with one attached hydrogen (secondary N) is 2. The highest BCUT2D eigenvalue weighted by atomic mass is 16.5. The van der Waals surface area contributed by atoms with Gasteiger partial charge in [0.05, 0.1) is 0 Å². The number of nitrogens with zero attached hydrogens (tertiary/aromatic N) is 1. The molecule has 4 rings (SSSR count). The fourth-order valence-electron chi connectivity index (χ4n) is 4.17. The maximum Gasteiger partial charge on any atom is 0.254 e. The molecule has 7 nitrogen and oxygen atoms in total. The molecule has 1 saturated heterocycles. The van der Waals surface area contributed by atoms with Crippen LogP contribution >= 0.6 is 0 Å². The molecule has 0 aliphatic carbocycles. The van der Waals surface area contributed by atoms with Crippen LogP contribution in [0.15, 0.2) is 66.7 Å². The van der Waals surface area contributed by atoms with E-state index in [4.69, 9.17) is 15.9 Å². The summed E-state index contributed by atoms with van der Waals surface area (Å²) in [6.07, 6.45) is 2.07. The van der Waals surface area contributed by atoms with E-state index in [9.17, 15) is 9.59 Å². The average molecular weight is 471 g/mol. The average Bonchev–Trinajstić information content (AvgIpc) is 3.41. The first-order valence-corrected chi connectivity index (χ1v) is 11.7. The van der Waals surface area contributed by atoms with Crippen LogP contribution in [0, 0.1) is 12.3 Å². The molecule has 4 N–H and O–H groups in total. The topological polar surface area (TPSA) is 109 Å². The van der Waals surface area contributed by atoms with E-state index in [2.05, 4.69) is 5.32 Å². The lowest BCUT2D eigenvalue weighted by Crippen LogP contribution is -2.28. The number of carbonyl (C=O) groups is 2. The zero-order chi connectivity index (χ0) is 24.8. The first kappa shape index (κ1) is 24.0. The molecule has 0 bridgehead atoms. The van der Waals surface area contributed by atoms with Gasteiger partial charge in [-0.3, -0.25) is 15.0 Å². The van der Waals surface area contributed by atoms with Gasteiger partial charge in [-0.15, -0.1) is 0 Å². The highest BCUT2D eigenvalue weighted by molar-refractivity contribution is 5.99. The Kier molecular flexibility index (Phi) is 7.45. The third kappa shape index (κ3) is 5.87. The Bertz CT molecular complexity index is 1230. The number of amidine groups is 1. The lowest BCUT2D eigenvalue weighted by atomic mass is 10.0. The van der Waals surface area contributed by atoms with Crippen LogP contribution in [-0.2, 0) is 13.2 Å². The smallest absolute Gasteiger partial charge is 0.254 e. The van der Waals surface area contributed by atoms with Crippen molar-refractivity contribution < 1.29 is 14.3 Å². The molecular weight excluding hydrogens is 440 g/mol. The van der Waals surface area contributed by atoms with Crippen LogP contribution in [0.4, 0.5) is 0 Å². The van der Waals surface area contributed by atoms with Crippen molar-refractivity contribution in [2.45, 2.75) is 32.9 Å². The van der Waals surface area contributed by atoms with E-state index in [0.717, 1.165) is 42.6 Å². The van der Waals surface area contributed by atoms with E-state index in [1.807, 2.05) is 42.2 Å². The fourth-order valence-corrected chi connectivity index (χ4v) is 4.17. The Morgan fingerprint density at radius 3 is 2.40 bits per heavy atom. The molecule has 1 heterocycles. The minimum Gasteiger partial charge on any atom is -0.489 e. The predicted octanol–water partition coefficient (Wildman–Crippen LogP) is 4.02. The van der Waals surface area contributed by atoms with Gasteiger partial charge in [-0.05, 0) is 67.3 Å². The largest absolute Gasteiger partial charge is 0.489 e. The minimum absolute atomic E-state index is 0.0215. The first-order chi connectivity index (χ1) is 16.9. The number of nitrogens with two attached hydrogens (primary N) is 1. The van der Waals surface area contributed by atoms with Crippen molar-refractivity contribution in [2.75, 3.05) is 13.1 Å². The highest BCUT2D eigenvalue weighted by Gasteiger charge is 2.21. The molecule has 0 saturated carbocycles. The molecule has 2 amide bonds. The van der Waals surface area contributed by atoms with Crippen molar-refractivity contribution in [3.8, 4) is 5.75 Å². The summed E-state index contributed by atoms with van der Waals surface area (Å²) < 4.78 is 6.00. The second kappa shape index (κ2) is 10.9. The van der Waals surface area contributed by atoms with E-state index >= 15 is 0 Å². The lowest BCUT2D eigenvalue weighted by molar-refractivity contribution is 0.0791. The van der Waals surface area contributed by atoms with Crippen molar-refractivity contribution in [1.82, 2.24) is 10.2 Å². The molecule has 0 atom stereocenters. The first-order valence-electron chi connectivity index (χ1n) is 11.7. The van der Waals surface area contributed by atoms with Crippen molar-refractivity contribution in [2.24, 2.45) is 5.73 Å². The maximum atomic E-state index is 12.9. The van der Waals surface area contributed by atoms with Gasteiger partial charge < -0.3 is 20.7 Å². The van der Waals surface area contributed by atoms with Crippen molar-refractivity contribution in [3.63, 3.8) is 0 Å². The second-order valence-electron chi connectivity index (χ2n) is 8.72. The summed E-state index contributed by atoms with van der Waals surface area (Å²) in [6.45, 7) is 4.01. The fraction of sp³-hybridized carbons (Fsp3) is 0.250. The minimum atomic E-state index is -0.254. The molecule has 0 spiro atoms. The van der Waals surface area contributed by atoms with E-state index in [-0.39, 0.29) is 24.2 Å². The summed E-state index contributed by atoms with van der Waals surface area (Å²) in [5.41, 5.74) is 9.87. The highest BCUT2D eigenvalue weighted by Crippen LogP contribution is 2.22. The van der Waals surface area contributed by atoms with Crippen LogP contribution in [-0.4, -0.2) is 35.6 Å². The van der Waals surface area contributed by atoms with Gasteiger partial charge in [0.25, 0.3) is 11.8 Å². The van der Waals surface area contributed by atoms with Gasteiger partial charge in [0.1, 0.15) is 18.2 Å². The zero-order valence-corrected chi connectivity index (χ0v) is 19.8. The Labute approximate surface area is 205 Å². The summed E-state index contributed by atoms with van der Waals surface area (Å²) in [4.78, 5) is 27.5. The maximum absolute atomic E-state index is 12.9. The van der Waals surface area contributed by atoms with Gasteiger partial charge in [0, 0.05) is 41.9 Å². The van der Waals surface area contributed by atoms with Gasteiger partial charge in [0.2, 0.25) is 0 Å². The third-order valence-corrected chi connectivity index (χ3v) is 6.16. The molecule has 1 aliphatic rings. The van der Waals surface area contributed by atoms with Crippen molar-refractivity contribution in [3.05, 3.63) is 100 Å². The predicted molar refractivity (Wildman–Crippen MR) is 136 cm³/mol. The SMILES string of the molecule is Cc1cc(C(=O)NCc2cc(C(=N)N)ccc2OCc2ccccc2)ccc1C(=O)N1CCCC1. The van der Waals surface area contributed by atoms with E-state index in [1.54, 1.807) is 36.4 Å². The number of carbonyl (C=O) groups excluding carboxylic acids is 2. The zero-order valence-electron chi connectivity index (χ0n) is 19.8. The van der Waals surface area contributed by atoms with Crippen LogP contribution in [0.1, 0.15) is 55.8 Å². The summed E-state index contributed by atoms with van der Waals surface area (Å²) >= 11 is 0. The quantitative estimate of drug-likeness (QED) is 0.341. The number of ether oxygens (including phenoxy) is 1. The number of benzene rings is 3. The van der Waals surface area contributed by atoms with Gasteiger partial charge >= 0.3 is 0 Å². The van der Waals surface area contributed by atoms with Crippen molar-refractivity contribution >= 4 is 17.6 Å². The molecule has 3 aromatic rings. The standard InChI is InChI=1S/C28H30N4O3/c1-19-15-22(9-11-24(19)28(34)32-13-5-6-14-32)27(33)31-17-23-16-21(26(29)30)10-12-25(23)35-18-20-7-3-2-4-8-20/h2-4,7-12,15-16H,5-6,13-14,17-18H2,1H3,(H3,29,30)(H,31,33). The van der Waals surface area contributed by atoms with Gasteiger partial charge in [-0.25, -0.2) is 0 Å². The van der Waals surface area contributed by atoms with Crippen LogP contribution in [0.3, 0.4) is 0 Å². The summed E-state index contributed by atoms with van der Waals surface area (Å²) in [7, 11) is 0. The number of hydrogen-bond acceptors (Lipinski definition) is 4. The number of likely N-dealkylation sites (tertiary alicyclic amines) is 1. The van der Waals surface area contributed by atoms with E-state index in [0.29, 0.717) is 29.0 Å². The Morgan fingerprint density at radius 2 is 1.71 bits per heavy atom. The molecule has 0 aromatic heterocycles. The lowest BCUT2D eigenvalue weighted by Gasteiger charge is -2.17. The summed E-state index contributed by atoms with van der Waals surface area (Å²) in [5.74, 6) is 0.326. The van der Waals surface area contributed by atoms with Crippen LogP contribution in [0.5, 0.6) is 5.75 Å². The van der Waals surface area contributed by atoms with Gasteiger partial charge in [-0.1, -0.05) is 30.3 Å². The summed E-state index contributed by atoms with van der Waals surface area (Å²) in [5, 5.41) is 10.7. The van der Waals surface area contributed by atoms with Gasteiger partial charge in [-0.2, -0.15) is 0 Å². The van der Waals surface area contributed by atoms with Crippen molar-refractivity contribution in [1.29, 1.82) is 5.41 Å². The second-order valence-corrected chi connectivity index (χ2v) is 8.72. The monoisotopic (exact) mass is 470 g/mol. The van der Waals surface area contributed by atoms with E-state index < -0.39 is 0 Å². The van der Waals surface area contributed by atoms with Crippen LogP contribution < -0.4 is 15.8 Å². The molecule has 3 aromatic carbocycles. The molecule has 7 heteroatoms. The molecule has 0 radical (unpaired) electrons. The van der Waals surface area contributed by atoms with Gasteiger partial charge in [0.15, 0.2) is 0 Å². The van der Waals surface area contributed by atoms with Crippen LogP contribution in [0.2, 0.25) is 0 Å². The Balaban J connectivity index is 1.46. The number of nitrogen functional groups attached to an aromatic ring is 1. The molecule has 1 fully saturated rings. The molecular formula is C28H30N4O3. The van der Waals surface area contributed by atoms with Crippen LogP contribution in [0.25, 0.3) is 0 Å². The molecule has 1 aliphatic heterocycles. The third-order valence-electron chi connectivity index (χ3n) is 6.16. The molecule has 180 valence electrons. The number of amides is 2. The number of rotatable bonds is 8.